The van der Waals surface area contributed by atoms with Gasteiger partial charge in [0.1, 0.15) is 0 Å². The molecule has 0 amide bonds. The standard InChI is InChI=1S/C23H28N2O2/c1-15-14-17(12-13-24-15)20-18-10-6-3-7-11-19(18)25-22(21(20)23(26)27)16-8-4-2-5-9-16/h12-14,16H,2-11H2,1H3,(H,26,27). The van der Waals surface area contributed by atoms with E-state index in [9.17, 15) is 9.90 Å². The molecule has 4 nitrogen and oxygen atoms in total. The summed E-state index contributed by atoms with van der Waals surface area (Å²) < 4.78 is 0. The number of pyridine rings is 2. The van der Waals surface area contributed by atoms with Crippen LogP contribution in [0.4, 0.5) is 0 Å². The molecule has 2 aromatic rings. The quantitative estimate of drug-likeness (QED) is 0.734. The van der Waals surface area contributed by atoms with Crippen LogP contribution in [0.2, 0.25) is 0 Å². The summed E-state index contributed by atoms with van der Waals surface area (Å²) in [6.45, 7) is 1.96. The van der Waals surface area contributed by atoms with Gasteiger partial charge in [0, 0.05) is 29.1 Å². The van der Waals surface area contributed by atoms with Gasteiger partial charge >= 0.3 is 5.97 Å². The Kier molecular flexibility index (Phi) is 5.24. The lowest BCUT2D eigenvalue weighted by Gasteiger charge is -2.26. The fourth-order valence-corrected chi connectivity index (χ4v) is 4.85. The third-order valence-electron chi connectivity index (χ3n) is 6.14. The van der Waals surface area contributed by atoms with Crippen molar-refractivity contribution in [1.82, 2.24) is 9.97 Å². The molecule has 0 aliphatic heterocycles. The Morgan fingerprint density at radius 2 is 1.81 bits per heavy atom. The minimum Gasteiger partial charge on any atom is -0.478 e. The number of carboxylic acid groups (broad SMARTS) is 1. The van der Waals surface area contributed by atoms with E-state index < -0.39 is 5.97 Å². The van der Waals surface area contributed by atoms with Crippen LogP contribution in [-0.4, -0.2) is 21.0 Å². The average molecular weight is 364 g/mol. The van der Waals surface area contributed by atoms with Gasteiger partial charge in [0.05, 0.1) is 11.3 Å². The molecular weight excluding hydrogens is 336 g/mol. The zero-order valence-corrected chi connectivity index (χ0v) is 16.1. The number of aryl methyl sites for hydroxylation is 2. The second-order valence-corrected chi connectivity index (χ2v) is 8.06. The van der Waals surface area contributed by atoms with Crippen molar-refractivity contribution < 1.29 is 9.90 Å². The van der Waals surface area contributed by atoms with E-state index in [1.165, 1.54) is 25.7 Å². The van der Waals surface area contributed by atoms with E-state index in [4.69, 9.17) is 4.98 Å². The Balaban J connectivity index is 1.99. The molecule has 4 rings (SSSR count). The van der Waals surface area contributed by atoms with Gasteiger partial charge in [-0.1, -0.05) is 25.7 Å². The highest BCUT2D eigenvalue weighted by Gasteiger charge is 2.30. The molecule has 27 heavy (non-hydrogen) atoms. The molecule has 0 spiro atoms. The molecule has 142 valence electrons. The molecule has 4 heteroatoms. The number of fused-ring (bicyclic) bond motifs is 1. The Morgan fingerprint density at radius 1 is 1.07 bits per heavy atom. The van der Waals surface area contributed by atoms with Crippen molar-refractivity contribution in [3.8, 4) is 11.1 Å². The molecule has 1 fully saturated rings. The summed E-state index contributed by atoms with van der Waals surface area (Å²) in [6, 6.07) is 3.99. The van der Waals surface area contributed by atoms with Gasteiger partial charge < -0.3 is 5.11 Å². The van der Waals surface area contributed by atoms with Gasteiger partial charge in [-0.3, -0.25) is 9.97 Å². The smallest absolute Gasteiger partial charge is 0.338 e. The summed E-state index contributed by atoms with van der Waals surface area (Å²) >= 11 is 0. The van der Waals surface area contributed by atoms with Crippen LogP contribution < -0.4 is 0 Å². The van der Waals surface area contributed by atoms with E-state index in [1.807, 2.05) is 19.1 Å². The van der Waals surface area contributed by atoms with Crippen molar-refractivity contribution in [2.75, 3.05) is 0 Å². The molecule has 0 atom stereocenters. The summed E-state index contributed by atoms with van der Waals surface area (Å²) in [4.78, 5) is 21.8. The van der Waals surface area contributed by atoms with Crippen molar-refractivity contribution in [3.63, 3.8) is 0 Å². The first-order valence-corrected chi connectivity index (χ1v) is 10.4. The molecule has 1 N–H and O–H groups in total. The molecule has 0 unspecified atom stereocenters. The van der Waals surface area contributed by atoms with Crippen molar-refractivity contribution in [2.24, 2.45) is 0 Å². The third kappa shape index (κ3) is 3.62. The number of carbonyl (C=O) groups is 1. The summed E-state index contributed by atoms with van der Waals surface area (Å²) in [5.74, 6) is -0.556. The largest absolute Gasteiger partial charge is 0.478 e. The third-order valence-corrected chi connectivity index (χ3v) is 6.14. The van der Waals surface area contributed by atoms with E-state index in [2.05, 4.69) is 4.98 Å². The minimum absolute atomic E-state index is 0.278. The van der Waals surface area contributed by atoms with E-state index in [-0.39, 0.29) is 5.92 Å². The molecule has 0 aromatic carbocycles. The summed E-state index contributed by atoms with van der Waals surface area (Å²) in [6.07, 6.45) is 12.8. The van der Waals surface area contributed by atoms with E-state index in [0.717, 1.165) is 72.3 Å². The second-order valence-electron chi connectivity index (χ2n) is 8.06. The SMILES string of the molecule is Cc1cc(-c2c3c(nc(C4CCCCC4)c2C(=O)O)CCCCC3)ccn1. The highest BCUT2D eigenvalue weighted by Crippen LogP contribution is 2.40. The van der Waals surface area contributed by atoms with Gasteiger partial charge in [-0.25, -0.2) is 4.79 Å². The molecule has 2 aliphatic rings. The summed E-state index contributed by atoms with van der Waals surface area (Å²) in [5, 5.41) is 10.2. The lowest BCUT2D eigenvalue weighted by molar-refractivity contribution is 0.0694. The van der Waals surface area contributed by atoms with Crippen LogP contribution in [-0.2, 0) is 12.8 Å². The van der Waals surface area contributed by atoms with E-state index in [1.54, 1.807) is 6.20 Å². The van der Waals surface area contributed by atoms with Crippen molar-refractivity contribution in [2.45, 2.75) is 77.0 Å². The van der Waals surface area contributed by atoms with Crippen LogP contribution in [0.5, 0.6) is 0 Å². The van der Waals surface area contributed by atoms with Crippen LogP contribution in [0.3, 0.4) is 0 Å². The molecule has 0 radical (unpaired) electrons. The Hall–Kier alpha value is -2.23. The van der Waals surface area contributed by atoms with Crippen LogP contribution in [0.25, 0.3) is 11.1 Å². The fourth-order valence-electron chi connectivity index (χ4n) is 4.85. The maximum Gasteiger partial charge on any atom is 0.338 e. The number of carboxylic acids is 1. The monoisotopic (exact) mass is 364 g/mol. The van der Waals surface area contributed by atoms with Gasteiger partial charge in [0.25, 0.3) is 0 Å². The topological polar surface area (TPSA) is 63.1 Å². The first-order valence-electron chi connectivity index (χ1n) is 10.4. The molecule has 0 saturated heterocycles. The van der Waals surface area contributed by atoms with E-state index >= 15 is 0 Å². The highest BCUT2D eigenvalue weighted by molar-refractivity contribution is 5.98. The average Bonchev–Trinajstić information content (AvgIpc) is 2.92. The molecule has 2 aromatic heterocycles. The number of aromatic carboxylic acids is 1. The van der Waals surface area contributed by atoms with Gasteiger partial charge in [-0.05, 0) is 68.7 Å². The van der Waals surface area contributed by atoms with Crippen LogP contribution in [0.15, 0.2) is 18.3 Å². The van der Waals surface area contributed by atoms with Crippen molar-refractivity contribution >= 4 is 5.97 Å². The maximum absolute atomic E-state index is 12.5. The number of hydrogen-bond donors (Lipinski definition) is 1. The molecule has 1 saturated carbocycles. The maximum atomic E-state index is 12.5. The molecule has 0 bridgehead atoms. The van der Waals surface area contributed by atoms with Crippen LogP contribution in [0.1, 0.15) is 90.3 Å². The number of rotatable bonds is 3. The summed E-state index contributed by atoms with van der Waals surface area (Å²) in [7, 11) is 0. The predicted octanol–water partition coefficient (Wildman–Crippen LogP) is 5.47. The second kappa shape index (κ2) is 7.79. The van der Waals surface area contributed by atoms with Crippen LogP contribution >= 0.6 is 0 Å². The van der Waals surface area contributed by atoms with Crippen molar-refractivity contribution in [3.05, 3.63) is 46.5 Å². The van der Waals surface area contributed by atoms with E-state index in [0.29, 0.717) is 5.56 Å². The highest BCUT2D eigenvalue weighted by atomic mass is 16.4. The Labute approximate surface area is 161 Å². The molecule has 2 aliphatic carbocycles. The van der Waals surface area contributed by atoms with Gasteiger partial charge in [-0.2, -0.15) is 0 Å². The lowest BCUT2D eigenvalue weighted by atomic mass is 9.81. The predicted molar refractivity (Wildman–Crippen MR) is 106 cm³/mol. The van der Waals surface area contributed by atoms with Crippen molar-refractivity contribution in [1.29, 1.82) is 0 Å². The van der Waals surface area contributed by atoms with Gasteiger partial charge in [0.15, 0.2) is 0 Å². The Morgan fingerprint density at radius 3 is 2.56 bits per heavy atom. The number of hydrogen-bond acceptors (Lipinski definition) is 3. The molecule has 2 heterocycles. The first-order chi connectivity index (χ1) is 13.1. The zero-order chi connectivity index (χ0) is 18.8. The zero-order valence-electron chi connectivity index (χ0n) is 16.1. The number of nitrogens with zero attached hydrogens (tertiary/aromatic N) is 2. The van der Waals surface area contributed by atoms with Gasteiger partial charge in [0.2, 0.25) is 0 Å². The number of aromatic nitrogens is 2. The Bertz CT molecular complexity index is 854. The first kappa shape index (κ1) is 18.1. The molecular formula is C23H28N2O2. The van der Waals surface area contributed by atoms with Crippen LogP contribution in [0, 0.1) is 6.92 Å². The summed E-state index contributed by atoms with van der Waals surface area (Å²) in [5.41, 5.74) is 6.42. The normalized spacial score (nSPS) is 18.0. The fraction of sp³-hybridized carbons (Fsp3) is 0.522. The lowest BCUT2D eigenvalue weighted by Crippen LogP contribution is -2.17. The minimum atomic E-state index is -0.834. The van der Waals surface area contributed by atoms with Gasteiger partial charge in [-0.15, -0.1) is 0 Å².